The summed E-state index contributed by atoms with van der Waals surface area (Å²) in [5, 5.41) is 8.83. The fourth-order valence-electron chi connectivity index (χ4n) is 1.24. The average molecular weight is 200 g/mol. The second-order valence-electron chi connectivity index (χ2n) is 2.95. The number of hydrogen-bond donors (Lipinski definition) is 1. The summed E-state index contributed by atoms with van der Waals surface area (Å²) >= 11 is 0. The fourth-order valence-corrected chi connectivity index (χ4v) is 1.24. The molecule has 0 saturated heterocycles. The molecule has 0 aliphatic carbocycles. The van der Waals surface area contributed by atoms with Crippen molar-refractivity contribution in [2.45, 2.75) is 0 Å². The highest BCUT2D eigenvalue weighted by Gasteiger charge is 2.04. The molecule has 1 aromatic carbocycles. The van der Waals surface area contributed by atoms with Gasteiger partial charge in [-0.15, -0.1) is 0 Å². The van der Waals surface area contributed by atoms with Gasteiger partial charge in [-0.1, -0.05) is 43.5 Å². The molecule has 15 heavy (non-hydrogen) atoms. The van der Waals surface area contributed by atoms with Crippen molar-refractivity contribution in [3.8, 4) is 0 Å². The molecule has 0 spiro atoms. The first-order chi connectivity index (χ1) is 7.19. The van der Waals surface area contributed by atoms with Crippen LogP contribution in [0.15, 0.2) is 55.7 Å². The number of allylic oxidation sites excluding steroid dienone is 4. The van der Waals surface area contributed by atoms with Gasteiger partial charge in [-0.2, -0.15) is 0 Å². The van der Waals surface area contributed by atoms with Crippen LogP contribution < -0.4 is 0 Å². The van der Waals surface area contributed by atoms with Crippen LogP contribution in [0.3, 0.4) is 0 Å². The quantitative estimate of drug-likeness (QED) is 0.758. The lowest BCUT2D eigenvalue weighted by Gasteiger charge is -2.02. The number of carboxylic acids is 1. The average Bonchev–Trinajstić information content (AvgIpc) is 2.26. The van der Waals surface area contributed by atoms with Crippen molar-refractivity contribution < 1.29 is 9.90 Å². The van der Waals surface area contributed by atoms with Gasteiger partial charge in [-0.3, -0.25) is 0 Å². The molecule has 0 heterocycles. The maximum absolute atomic E-state index is 10.8. The van der Waals surface area contributed by atoms with E-state index in [0.29, 0.717) is 0 Å². The Balaban J connectivity index is 3.19. The minimum atomic E-state index is -0.932. The molecular weight excluding hydrogens is 188 g/mol. The topological polar surface area (TPSA) is 37.3 Å². The number of hydrogen-bond acceptors (Lipinski definition) is 1. The Hall–Kier alpha value is -2.09. The molecule has 0 aromatic heterocycles. The van der Waals surface area contributed by atoms with Crippen molar-refractivity contribution >= 4 is 11.5 Å². The first-order valence-electron chi connectivity index (χ1n) is 4.48. The Morgan fingerprint density at radius 1 is 1.27 bits per heavy atom. The lowest BCUT2D eigenvalue weighted by Crippen LogP contribution is -1.96. The van der Waals surface area contributed by atoms with E-state index in [9.17, 15) is 4.79 Å². The molecule has 0 atom stereocenters. The van der Waals surface area contributed by atoms with E-state index in [1.165, 1.54) is 0 Å². The number of benzene rings is 1. The van der Waals surface area contributed by atoms with E-state index in [2.05, 4.69) is 13.2 Å². The molecule has 1 rings (SSSR count). The number of rotatable bonds is 4. The van der Waals surface area contributed by atoms with Gasteiger partial charge in [0, 0.05) is 0 Å². The molecule has 0 amide bonds. The number of aromatic carboxylic acids is 1. The summed E-state index contributed by atoms with van der Waals surface area (Å²) < 4.78 is 0. The third kappa shape index (κ3) is 2.68. The Morgan fingerprint density at radius 3 is 2.47 bits per heavy atom. The van der Waals surface area contributed by atoms with Crippen molar-refractivity contribution in [2.24, 2.45) is 0 Å². The van der Waals surface area contributed by atoms with Gasteiger partial charge in [0.05, 0.1) is 5.56 Å². The van der Waals surface area contributed by atoms with Crippen LogP contribution in [0.5, 0.6) is 0 Å². The van der Waals surface area contributed by atoms with E-state index in [0.717, 1.165) is 11.1 Å². The summed E-state index contributed by atoms with van der Waals surface area (Å²) in [6.45, 7) is 7.26. The van der Waals surface area contributed by atoms with Crippen molar-refractivity contribution in [3.63, 3.8) is 0 Å². The van der Waals surface area contributed by atoms with Crippen molar-refractivity contribution in [3.05, 3.63) is 66.8 Å². The smallest absolute Gasteiger partial charge is 0.335 e. The third-order valence-electron chi connectivity index (χ3n) is 1.96. The summed E-state index contributed by atoms with van der Waals surface area (Å²) in [7, 11) is 0. The van der Waals surface area contributed by atoms with E-state index in [1.807, 2.05) is 6.07 Å². The molecule has 0 radical (unpaired) electrons. The van der Waals surface area contributed by atoms with Crippen LogP contribution in [0.25, 0.3) is 5.57 Å². The van der Waals surface area contributed by atoms with E-state index < -0.39 is 5.97 Å². The number of carboxylic acid groups (broad SMARTS) is 1. The normalized spacial score (nSPS) is 10.8. The van der Waals surface area contributed by atoms with Crippen LogP contribution in [0.2, 0.25) is 0 Å². The largest absolute Gasteiger partial charge is 0.478 e. The highest BCUT2D eigenvalue weighted by atomic mass is 16.4. The Bertz CT molecular complexity index is 428. The zero-order valence-corrected chi connectivity index (χ0v) is 8.31. The van der Waals surface area contributed by atoms with Crippen molar-refractivity contribution in [2.75, 3.05) is 0 Å². The van der Waals surface area contributed by atoms with E-state index in [4.69, 9.17) is 5.11 Å². The van der Waals surface area contributed by atoms with Gasteiger partial charge in [0.2, 0.25) is 0 Å². The van der Waals surface area contributed by atoms with Gasteiger partial charge in [-0.25, -0.2) is 4.79 Å². The van der Waals surface area contributed by atoms with Crippen LogP contribution in [-0.4, -0.2) is 11.1 Å². The number of carbonyl (C=O) groups is 1. The predicted molar refractivity (Wildman–Crippen MR) is 61.8 cm³/mol. The lowest BCUT2D eigenvalue weighted by molar-refractivity contribution is 0.0697. The molecule has 0 fully saturated rings. The summed E-state index contributed by atoms with van der Waals surface area (Å²) in [5.41, 5.74) is 1.95. The highest BCUT2D eigenvalue weighted by Crippen LogP contribution is 2.17. The predicted octanol–water partition coefficient (Wildman–Crippen LogP) is 3.14. The standard InChI is InChI=1S/C13H12O2/c1-3-6-10(4-2)11-7-5-8-12(9-11)13(14)15/h3-9H,1-2H2,(H,14,15)/b10-6+. The zero-order valence-electron chi connectivity index (χ0n) is 8.31. The van der Waals surface area contributed by atoms with E-state index >= 15 is 0 Å². The van der Waals surface area contributed by atoms with Gasteiger partial charge in [0.25, 0.3) is 0 Å². The molecular formula is C13H12O2. The molecule has 0 unspecified atom stereocenters. The third-order valence-corrected chi connectivity index (χ3v) is 1.96. The summed E-state index contributed by atoms with van der Waals surface area (Å²) in [5.74, 6) is -0.932. The Labute approximate surface area is 88.9 Å². The Kier molecular flexibility index (Phi) is 3.63. The Morgan fingerprint density at radius 2 is 1.93 bits per heavy atom. The minimum Gasteiger partial charge on any atom is -0.478 e. The second kappa shape index (κ2) is 4.96. The summed E-state index contributed by atoms with van der Waals surface area (Å²) in [6.07, 6.45) is 5.10. The molecule has 1 aromatic rings. The van der Waals surface area contributed by atoms with Crippen molar-refractivity contribution in [1.29, 1.82) is 0 Å². The van der Waals surface area contributed by atoms with Crippen LogP contribution in [0, 0.1) is 0 Å². The van der Waals surface area contributed by atoms with Crippen LogP contribution in [-0.2, 0) is 0 Å². The molecule has 2 nitrogen and oxygen atoms in total. The molecule has 0 aliphatic heterocycles. The molecule has 0 aliphatic rings. The van der Waals surface area contributed by atoms with Gasteiger partial charge < -0.3 is 5.11 Å². The van der Waals surface area contributed by atoms with Gasteiger partial charge in [0.15, 0.2) is 0 Å². The van der Waals surface area contributed by atoms with Crippen LogP contribution in [0.4, 0.5) is 0 Å². The highest BCUT2D eigenvalue weighted by molar-refractivity contribution is 5.89. The van der Waals surface area contributed by atoms with E-state index in [-0.39, 0.29) is 5.56 Å². The molecule has 0 saturated carbocycles. The molecule has 0 bridgehead atoms. The van der Waals surface area contributed by atoms with Gasteiger partial charge in [0.1, 0.15) is 0 Å². The first-order valence-corrected chi connectivity index (χ1v) is 4.48. The maximum Gasteiger partial charge on any atom is 0.335 e. The fraction of sp³-hybridized carbons (Fsp3) is 0. The molecule has 76 valence electrons. The maximum atomic E-state index is 10.8. The van der Waals surface area contributed by atoms with Crippen molar-refractivity contribution in [1.82, 2.24) is 0 Å². The van der Waals surface area contributed by atoms with Gasteiger partial charge >= 0.3 is 5.97 Å². The monoisotopic (exact) mass is 200 g/mol. The van der Waals surface area contributed by atoms with Crippen LogP contribution in [0.1, 0.15) is 15.9 Å². The first kappa shape index (κ1) is 11.0. The lowest BCUT2D eigenvalue weighted by atomic mass is 10.0. The van der Waals surface area contributed by atoms with E-state index in [1.54, 1.807) is 36.4 Å². The SMILES string of the molecule is C=C/C=C(\C=C)c1cccc(C(=O)O)c1. The zero-order chi connectivity index (χ0) is 11.3. The van der Waals surface area contributed by atoms with Crippen LogP contribution >= 0.6 is 0 Å². The molecule has 1 N–H and O–H groups in total. The van der Waals surface area contributed by atoms with Gasteiger partial charge in [-0.05, 0) is 23.3 Å². The minimum absolute atomic E-state index is 0.268. The molecule has 2 heteroatoms. The summed E-state index contributed by atoms with van der Waals surface area (Å²) in [4.78, 5) is 10.8. The summed E-state index contributed by atoms with van der Waals surface area (Å²) in [6, 6.07) is 6.71. The second-order valence-corrected chi connectivity index (χ2v) is 2.95.